The molecule has 4 aromatic rings. The fraction of sp³-hybridized carbons (Fsp3) is 0.391. The van der Waals surface area contributed by atoms with Crippen molar-refractivity contribution in [3.05, 3.63) is 85.0 Å². The van der Waals surface area contributed by atoms with Gasteiger partial charge in [-0.15, -0.1) is 23.5 Å². The first-order chi connectivity index (χ1) is 32.4. The van der Waals surface area contributed by atoms with E-state index in [2.05, 4.69) is 96.1 Å². The van der Waals surface area contributed by atoms with E-state index in [0.717, 1.165) is 96.8 Å². The molecule has 2 aromatic carbocycles. The number of unbranched alkanes of at least 4 members (excludes halogenated alkanes) is 2. The lowest BCUT2D eigenvalue weighted by molar-refractivity contribution is -0.134. The minimum absolute atomic E-state index is 0.558. The number of nitrogens with zero attached hydrogens (tertiary/aromatic N) is 8. The summed E-state index contributed by atoms with van der Waals surface area (Å²) < 4.78 is 0. The van der Waals surface area contributed by atoms with Crippen LogP contribution in [0.4, 0.5) is 11.9 Å². The first-order valence-electron chi connectivity index (χ1n) is 21.5. The normalized spacial score (nSPS) is 13.9. The minimum Gasteiger partial charge on any atom is -0.478 e. The van der Waals surface area contributed by atoms with Gasteiger partial charge in [-0.25, -0.2) is 48.7 Å². The largest absolute Gasteiger partial charge is 0.478 e. The van der Waals surface area contributed by atoms with Crippen LogP contribution in [0.5, 0.6) is 0 Å². The summed E-state index contributed by atoms with van der Waals surface area (Å²) in [4.78, 5) is 86.0. The maximum atomic E-state index is 9.55. The highest BCUT2D eigenvalue weighted by Crippen LogP contribution is 2.30. The van der Waals surface area contributed by atoms with Gasteiger partial charge in [0, 0.05) is 99.6 Å². The van der Waals surface area contributed by atoms with Crippen LogP contribution in [0.1, 0.15) is 39.5 Å². The van der Waals surface area contributed by atoms with Crippen LogP contribution >= 0.6 is 23.5 Å². The second-order valence-corrected chi connectivity index (χ2v) is 16.9. The number of aliphatic carboxylic acids is 6. The van der Waals surface area contributed by atoms with Crippen LogP contribution in [0.2, 0.25) is 0 Å². The summed E-state index contributed by atoms with van der Waals surface area (Å²) in [5, 5.41) is 51.5. The standard InChI is InChI=1S/2C17H24N4S.3C4H4O4/c2*1-3-4-13-22-16-14-7-5-6-8-15(14)18-17(19-16)21-11-9-20(2)10-12-21;3*5-3(6)1-2-4(7)8/h2*5-8H,3-4,9-13H2,1-2H3;3*1-2H,(H,5,6)(H,7,8)/b;;3*2-1+. The number of rotatable bonds is 16. The van der Waals surface area contributed by atoms with E-state index in [0.29, 0.717) is 36.5 Å². The van der Waals surface area contributed by atoms with E-state index in [9.17, 15) is 28.8 Å². The highest BCUT2D eigenvalue weighted by molar-refractivity contribution is 7.99. The predicted octanol–water partition coefficient (Wildman–Crippen LogP) is 5.68. The average Bonchev–Trinajstić information content (AvgIpc) is 3.31. The molecule has 0 saturated carbocycles. The van der Waals surface area contributed by atoms with Gasteiger partial charge < -0.3 is 50.2 Å². The number of piperazine rings is 2. The highest BCUT2D eigenvalue weighted by atomic mass is 32.2. The molecule has 4 heterocycles. The summed E-state index contributed by atoms with van der Waals surface area (Å²) in [6, 6.07) is 16.7. The van der Waals surface area contributed by atoms with Gasteiger partial charge in [0.25, 0.3) is 0 Å². The van der Waals surface area contributed by atoms with Crippen LogP contribution in [0.25, 0.3) is 21.8 Å². The third kappa shape index (κ3) is 23.7. The lowest BCUT2D eigenvalue weighted by Crippen LogP contribution is -2.45. The number of hydrogen-bond donors (Lipinski definition) is 6. The van der Waals surface area contributed by atoms with E-state index in [1.54, 1.807) is 0 Å². The Kier molecular flexibility index (Phi) is 27.2. The molecule has 0 spiro atoms. The summed E-state index contributed by atoms with van der Waals surface area (Å²) >= 11 is 3.73. The second kappa shape index (κ2) is 32.1. The molecule has 0 amide bonds. The second-order valence-electron chi connectivity index (χ2n) is 14.7. The molecule has 6 rings (SSSR count). The molecule has 2 fully saturated rings. The van der Waals surface area contributed by atoms with Gasteiger partial charge in [0.05, 0.1) is 11.0 Å². The van der Waals surface area contributed by atoms with Crippen molar-refractivity contribution in [1.29, 1.82) is 0 Å². The van der Waals surface area contributed by atoms with Crippen LogP contribution in [-0.2, 0) is 28.8 Å². The molecule has 0 aliphatic carbocycles. The zero-order valence-electron chi connectivity index (χ0n) is 38.5. The van der Waals surface area contributed by atoms with Crippen molar-refractivity contribution in [3.63, 3.8) is 0 Å². The number of thioether (sulfide) groups is 2. The summed E-state index contributed by atoms with van der Waals surface area (Å²) in [5.74, 6) is -3.50. The van der Waals surface area contributed by atoms with Crippen LogP contribution in [0.15, 0.2) is 95.0 Å². The quantitative estimate of drug-likeness (QED) is 0.0340. The van der Waals surface area contributed by atoms with Gasteiger partial charge in [-0.05, 0) is 50.6 Å². The van der Waals surface area contributed by atoms with Crippen molar-refractivity contribution < 1.29 is 59.4 Å². The smallest absolute Gasteiger partial charge is 0.328 e. The Morgan fingerprint density at radius 3 is 1.01 bits per heavy atom. The summed E-state index contributed by atoms with van der Waals surface area (Å²) in [6.45, 7) is 12.8. The maximum Gasteiger partial charge on any atom is 0.328 e. The molecule has 0 bridgehead atoms. The van der Waals surface area contributed by atoms with E-state index in [1.807, 2.05) is 23.5 Å². The third-order valence-corrected chi connectivity index (χ3v) is 11.4. The number of benzene rings is 2. The lowest BCUT2D eigenvalue weighted by Gasteiger charge is -2.32. The Morgan fingerprint density at radius 1 is 0.471 bits per heavy atom. The molecular formula is C46H60N8O12S2. The number of anilines is 2. The predicted molar refractivity (Wildman–Crippen MR) is 263 cm³/mol. The summed E-state index contributed by atoms with van der Waals surface area (Å²) in [5.41, 5.74) is 2.12. The Bertz CT molecular complexity index is 2110. The van der Waals surface area contributed by atoms with Crippen LogP contribution in [0, 0.1) is 0 Å². The number of likely N-dealkylation sites (N-methyl/N-ethyl adjacent to an activating group) is 2. The van der Waals surface area contributed by atoms with E-state index < -0.39 is 35.8 Å². The highest BCUT2D eigenvalue weighted by Gasteiger charge is 2.20. The third-order valence-electron chi connectivity index (χ3n) is 9.26. The van der Waals surface area contributed by atoms with Gasteiger partial charge in [-0.3, -0.25) is 0 Å². The van der Waals surface area contributed by atoms with Crippen LogP contribution in [0.3, 0.4) is 0 Å². The first kappa shape index (κ1) is 57.5. The fourth-order valence-corrected chi connectivity index (χ4v) is 7.84. The zero-order valence-corrected chi connectivity index (χ0v) is 40.1. The average molecular weight is 981 g/mol. The lowest BCUT2D eigenvalue weighted by atomic mass is 10.2. The number of carboxylic acid groups (broad SMARTS) is 6. The van der Waals surface area contributed by atoms with E-state index in [4.69, 9.17) is 50.6 Å². The molecule has 368 valence electrons. The van der Waals surface area contributed by atoms with Gasteiger partial charge in [-0.1, -0.05) is 63.1 Å². The first-order valence-corrected chi connectivity index (χ1v) is 23.5. The Labute approximate surface area is 403 Å². The zero-order chi connectivity index (χ0) is 50.4. The molecule has 0 radical (unpaired) electrons. The van der Waals surface area contributed by atoms with Crippen LogP contribution in [-0.4, -0.2) is 174 Å². The summed E-state index contributed by atoms with van der Waals surface area (Å²) in [7, 11) is 4.34. The molecule has 6 N–H and O–H groups in total. The molecule has 0 unspecified atom stereocenters. The maximum absolute atomic E-state index is 9.55. The fourth-order valence-electron chi connectivity index (χ4n) is 5.64. The molecule has 0 atom stereocenters. The topological polar surface area (TPSA) is 288 Å². The Morgan fingerprint density at radius 2 is 0.750 bits per heavy atom. The SMILES string of the molecule is CCCCSc1nc(N2CCN(C)CC2)nc2ccccc12.CCCCSc1nc(N2CCN(C)CC2)nc2ccccc12.O=C(O)/C=C/C(=O)O.O=C(O)/C=C/C(=O)O.O=C(O)/C=C/C(=O)O. The van der Waals surface area contributed by atoms with Crippen molar-refractivity contribution in [2.75, 3.05) is 87.8 Å². The van der Waals surface area contributed by atoms with Crippen LogP contribution < -0.4 is 9.80 Å². The van der Waals surface area contributed by atoms with Gasteiger partial charge in [0.1, 0.15) is 10.1 Å². The number of aromatic nitrogens is 4. The minimum atomic E-state index is -1.26. The number of carbonyl (C=O) groups is 6. The molecule has 2 saturated heterocycles. The van der Waals surface area contributed by atoms with Gasteiger partial charge in [0.2, 0.25) is 11.9 Å². The van der Waals surface area contributed by atoms with Crippen molar-refractivity contribution >= 4 is 93.0 Å². The molecule has 2 aliphatic heterocycles. The van der Waals surface area contributed by atoms with Crippen molar-refractivity contribution in [2.24, 2.45) is 0 Å². The van der Waals surface area contributed by atoms with E-state index in [-0.39, 0.29) is 0 Å². The van der Waals surface area contributed by atoms with E-state index in [1.165, 1.54) is 36.5 Å². The number of carboxylic acids is 6. The van der Waals surface area contributed by atoms with E-state index >= 15 is 0 Å². The Balaban J connectivity index is 0.000000320. The monoisotopic (exact) mass is 980 g/mol. The van der Waals surface area contributed by atoms with Crippen molar-refractivity contribution in [1.82, 2.24) is 29.7 Å². The van der Waals surface area contributed by atoms with Gasteiger partial charge in [0.15, 0.2) is 0 Å². The molecular weight excluding hydrogens is 921 g/mol. The van der Waals surface area contributed by atoms with Gasteiger partial charge >= 0.3 is 35.8 Å². The summed E-state index contributed by atoms with van der Waals surface area (Å²) in [6.07, 6.45) is 8.25. The molecule has 2 aromatic heterocycles. The molecule has 2 aliphatic rings. The van der Waals surface area contributed by atoms with Crippen molar-refractivity contribution in [2.45, 2.75) is 49.6 Å². The molecule has 22 heteroatoms. The van der Waals surface area contributed by atoms with Gasteiger partial charge in [-0.2, -0.15) is 0 Å². The van der Waals surface area contributed by atoms with Crippen molar-refractivity contribution in [3.8, 4) is 0 Å². The number of para-hydroxylation sites is 2. The Hall–Kier alpha value is -6.62. The number of fused-ring (bicyclic) bond motifs is 2. The molecule has 20 nitrogen and oxygen atoms in total. The number of hydrogen-bond acceptors (Lipinski definition) is 16. The molecule has 68 heavy (non-hydrogen) atoms.